The number of fused-ring (bicyclic) bond motifs is 5. The van der Waals surface area contributed by atoms with Gasteiger partial charge < -0.3 is 9.84 Å². The molecule has 3 heteroatoms. The van der Waals surface area contributed by atoms with Gasteiger partial charge in [-0.3, -0.25) is 4.90 Å². The summed E-state index contributed by atoms with van der Waals surface area (Å²) in [7, 11) is 1.84. The number of methoxy groups -OCH3 is 1. The van der Waals surface area contributed by atoms with E-state index in [-0.39, 0.29) is 0 Å². The first-order valence-electron chi connectivity index (χ1n) is 15.7. The van der Waals surface area contributed by atoms with Crippen LogP contribution in [0.2, 0.25) is 0 Å². The number of likely N-dealkylation sites (tertiary alicyclic amines) is 1. The number of piperidine rings is 1. The van der Waals surface area contributed by atoms with Crippen molar-refractivity contribution in [2.75, 3.05) is 20.2 Å². The number of ether oxygens (including phenoxy) is 1. The molecule has 4 aliphatic rings. The third-order valence-electron chi connectivity index (χ3n) is 11.5. The molecule has 3 aliphatic carbocycles. The Hall–Kier alpha value is -2.00. The van der Waals surface area contributed by atoms with Crippen molar-refractivity contribution >= 4 is 0 Å². The van der Waals surface area contributed by atoms with Crippen LogP contribution in [-0.4, -0.2) is 30.2 Å². The van der Waals surface area contributed by atoms with E-state index in [0.717, 1.165) is 42.9 Å². The SMILES string of the molecule is COc1cc(CN2CCCCC2)ccc1CCCC1CCC2C3C(CCC12C)c1ccc(O)cc1C[C@H]3C. The highest BCUT2D eigenvalue weighted by molar-refractivity contribution is 5.41. The van der Waals surface area contributed by atoms with E-state index >= 15 is 0 Å². The molecule has 3 nitrogen and oxygen atoms in total. The highest BCUT2D eigenvalue weighted by Gasteiger charge is 2.55. The monoisotopic (exact) mass is 515 g/mol. The Morgan fingerprint density at radius 1 is 1.03 bits per heavy atom. The molecule has 0 radical (unpaired) electrons. The average Bonchev–Trinajstić information content (AvgIpc) is 3.25. The van der Waals surface area contributed by atoms with Gasteiger partial charge in [0.05, 0.1) is 7.11 Å². The van der Waals surface area contributed by atoms with Crippen LogP contribution in [0.15, 0.2) is 36.4 Å². The van der Waals surface area contributed by atoms with Crippen LogP contribution in [0.4, 0.5) is 0 Å². The summed E-state index contributed by atoms with van der Waals surface area (Å²) in [6, 6.07) is 13.2. The van der Waals surface area contributed by atoms with E-state index in [1.165, 1.54) is 87.6 Å². The highest BCUT2D eigenvalue weighted by atomic mass is 16.5. The molecule has 2 aromatic carbocycles. The van der Waals surface area contributed by atoms with Crippen molar-refractivity contribution in [3.05, 3.63) is 58.7 Å². The van der Waals surface area contributed by atoms with Crippen molar-refractivity contribution < 1.29 is 9.84 Å². The van der Waals surface area contributed by atoms with E-state index in [2.05, 4.69) is 43.0 Å². The molecule has 1 saturated heterocycles. The molecule has 2 saturated carbocycles. The minimum atomic E-state index is 0.434. The van der Waals surface area contributed by atoms with E-state index in [1.54, 1.807) is 5.56 Å². The first kappa shape index (κ1) is 26.2. The highest BCUT2D eigenvalue weighted by Crippen LogP contribution is 2.64. The molecule has 6 rings (SSSR count). The quantitative estimate of drug-likeness (QED) is 0.404. The van der Waals surface area contributed by atoms with Crippen LogP contribution in [0, 0.1) is 29.1 Å². The minimum Gasteiger partial charge on any atom is -0.508 e. The summed E-state index contributed by atoms with van der Waals surface area (Å²) in [5.41, 5.74) is 6.24. The summed E-state index contributed by atoms with van der Waals surface area (Å²) in [6.45, 7) is 8.68. The lowest BCUT2D eigenvalue weighted by Gasteiger charge is -2.53. The van der Waals surface area contributed by atoms with Gasteiger partial charge in [0, 0.05) is 6.54 Å². The van der Waals surface area contributed by atoms with Gasteiger partial charge in [0.1, 0.15) is 11.5 Å². The summed E-state index contributed by atoms with van der Waals surface area (Å²) < 4.78 is 5.88. The first-order valence-corrected chi connectivity index (χ1v) is 15.7. The number of nitrogens with zero attached hydrogens (tertiary/aromatic N) is 1. The molecular formula is C35H49NO2. The number of phenols is 1. The molecule has 1 heterocycles. The number of benzene rings is 2. The molecule has 0 spiro atoms. The minimum absolute atomic E-state index is 0.434. The van der Waals surface area contributed by atoms with Crippen molar-refractivity contribution in [1.82, 2.24) is 4.90 Å². The van der Waals surface area contributed by atoms with Gasteiger partial charge in [0.15, 0.2) is 0 Å². The Labute approximate surface area is 231 Å². The molecule has 3 fully saturated rings. The van der Waals surface area contributed by atoms with Crippen molar-refractivity contribution in [3.63, 3.8) is 0 Å². The molecule has 0 bridgehead atoms. The molecule has 2 aromatic rings. The molecule has 0 amide bonds. The molecular weight excluding hydrogens is 466 g/mol. The Balaban J connectivity index is 1.09. The smallest absolute Gasteiger partial charge is 0.122 e. The largest absolute Gasteiger partial charge is 0.508 e. The molecule has 6 atom stereocenters. The summed E-state index contributed by atoms with van der Waals surface area (Å²) in [4.78, 5) is 2.60. The zero-order valence-electron chi connectivity index (χ0n) is 24.1. The second kappa shape index (κ2) is 10.9. The van der Waals surface area contributed by atoms with E-state index in [0.29, 0.717) is 23.0 Å². The topological polar surface area (TPSA) is 32.7 Å². The maximum absolute atomic E-state index is 10.1. The maximum atomic E-state index is 10.1. The summed E-state index contributed by atoms with van der Waals surface area (Å²) in [5, 5.41) is 10.1. The normalized spacial score (nSPS) is 32.9. The van der Waals surface area contributed by atoms with E-state index in [4.69, 9.17) is 4.74 Å². The van der Waals surface area contributed by atoms with Crippen LogP contribution in [0.5, 0.6) is 11.5 Å². The van der Waals surface area contributed by atoms with Crippen molar-refractivity contribution in [2.45, 2.75) is 96.9 Å². The van der Waals surface area contributed by atoms with E-state index in [9.17, 15) is 5.11 Å². The fourth-order valence-electron chi connectivity index (χ4n) is 9.56. The standard InChI is InChI=1S/C35H49NO2/c1-24-20-27-22-29(37)13-14-30(27)31-16-17-35(2)28(12-15-32(35)34(24)31)9-7-8-26-11-10-25(21-33(26)38-3)23-36-18-5-4-6-19-36/h10-11,13-14,21-22,24,28,31-32,34,37H,4-9,12,15-20,23H2,1-3H3/t24-,28?,31?,32?,34?,35?/m1/s1. The van der Waals surface area contributed by atoms with Gasteiger partial charge in [-0.1, -0.05) is 38.5 Å². The lowest BCUT2D eigenvalue weighted by atomic mass is 9.51. The van der Waals surface area contributed by atoms with Crippen molar-refractivity contribution in [2.24, 2.45) is 29.1 Å². The Bertz CT molecular complexity index is 1120. The molecule has 1 aliphatic heterocycles. The second-order valence-corrected chi connectivity index (χ2v) is 13.5. The average molecular weight is 516 g/mol. The van der Waals surface area contributed by atoms with Gasteiger partial charge in [-0.25, -0.2) is 0 Å². The Morgan fingerprint density at radius 3 is 2.68 bits per heavy atom. The Morgan fingerprint density at radius 2 is 1.87 bits per heavy atom. The number of phenolic OH excluding ortho intramolecular Hbond substituents is 1. The molecule has 0 aromatic heterocycles. The third-order valence-corrected chi connectivity index (χ3v) is 11.5. The summed E-state index contributed by atoms with van der Waals surface area (Å²) in [5.74, 6) is 5.45. The predicted molar refractivity (Wildman–Crippen MR) is 156 cm³/mol. The van der Waals surface area contributed by atoms with Gasteiger partial charge >= 0.3 is 0 Å². The van der Waals surface area contributed by atoms with E-state index in [1.807, 2.05) is 19.2 Å². The van der Waals surface area contributed by atoms with Gasteiger partial charge in [-0.15, -0.1) is 0 Å². The van der Waals surface area contributed by atoms with Crippen molar-refractivity contribution in [3.8, 4) is 11.5 Å². The van der Waals surface area contributed by atoms with Crippen LogP contribution in [0.3, 0.4) is 0 Å². The zero-order chi connectivity index (χ0) is 26.3. The lowest BCUT2D eigenvalue weighted by molar-refractivity contribution is 0.00334. The lowest BCUT2D eigenvalue weighted by Crippen LogP contribution is -2.45. The summed E-state index contributed by atoms with van der Waals surface area (Å²) >= 11 is 0. The van der Waals surface area contributed by atoms with Gasteiger partial charge in [0.2, 0.25) is 0 Å². The van der Waals surface area contributed by atoms with Gasteiger partial charge in [0.25, 0.3) is 0 Å². The molecule has 38 heavy (non-hydrogen) atoms. The zero-order valence-corrected chi connectivity index (χ0v) is 24.1. The molecule has 5 unspecified atom stereocenters. The van der Waals surface area contributed by atoms with Crippen LogP contribution in [-0.2, 0) is 19.4 Å². The predicted octanol–water partition coefficient (Wildman–Crippen LogP) is 8.13. The second-order valence-electron chi connectivity index (χ2n) is 13.5. The van der Waals surface area contributed by atoms with Gasteiger partial charge in [-0.2, -0.15) is 0 Å². The fraction of sp³-hybridized carbons (Fsp3) is 0.657. The molecule has 1 N–H and O–H groups in total. The number of hydrogen-bond donors (Lipinski definition) is 1. The first-order chi connectivity index (χ1) is 18.5. The third kappa shape index (κ3) is 4.89. The van der Waals surface area contributed by atoms with Crippen LogP contribution >= 0.6 is 0 Å². The number of aryl methyl sites for hydroxylation is 1. The number of hydrogen-bond acceptors (Lipinski definition) is 3. The van der Waals surface area contributed by atoms with Crippen LogP contribution in [0.25, 0.3) is 0 Å². The fourth-order valence-corrected chi connectivity index (χ4v) is 9.56. The van der Waals surface area contributed by atoms with Crippen LogP contribution in [0.1, 0.15) is 99.8 Å². The van der Waals surface area contributed by atoms with E-state index < -0.39 is 0 Å². The van der Waals surface area contributed by atoms with Crippen LogP contribution < -0.4 is 4.74 Å². The van der Waals surface area contributed by atoms with Gasteiger partial charge in [-0.05, 0) is 153 Å². The maximum Gasteiger partial charge on any atom is 0.122 e. The number of aromatic hydroxyl groups is 1. The number of rotatable bonds is 7. The molecule has 206 valence electrons. The Kier molecular flexibility index (Phi) is 7.51. The summed E-state index contributed by atoms with van der Waals surface area (Å²) in [6.07, 6.45) is 14.5. The van der Waals surface area contributed by atoms with Crippen molar-refractivity contribution in [1.29, 1.82) is 0 Å².